The van der Waals surface area contributed by atoms with Gasteiger partial charge in [0.15, 0.2) is 12.4 Å². The third-order valence-electron chi connectivity index (χ3n) is 15.8. The molecule has 4 aromatic heterocycles. The van der Waals surface area contributed by atoms with Crippen LogP contribution < -0.4 is 54.6 Å². The first-order valence-electron chi connectivity index (χ1n) is 31.7. The van der Waals surface area contributed by atoms with E-state index >= 15 is 0 Å². The van der Waals surface area contributed by atoms with E-state index in [2.05, 4.69) is 113 Å². The van der Waals surface area contributed by atoms with E-state index in [9.17, 15) is 34.8 Å². The van der Waals surface area contributed by atoms with Crippen molar-refractivity contribution in [2.75, 3.05) is 50.1 Å². The molecule has 2 amide bonds. The topological polar surface area (TPSA) is 337 Å². The second-order valence-corrected chi connectivity index (χ2v) is 30.2. The van der Waals surface area contributed by atoms with E-state index in [0.717, 1.165) is 104 Å². The fourth-order valence-corrected chi connectivity index (χ4v) is 13.5. The average Bonchev–Trinajstić information content (AvgIpc) is 1.46. The van der Waals surface area contributed by atoms with Crippen LogP contribution in [0.15, 0.2) is 188 Å². The standard InChI is InChI=1S/C23H26N4O4S.C18H18N4O2S.C18H17N3.C12H19N3O4S/c1-23(2,3)31-22(28)27-32(29,30)26-17-10-12-19-16(14-17)9-13-21(24-19)25-20-11-8-15-6-4-5-7-18(15)20;19-25(23,24)22-14-7-9-16-13(11-14)6-10-18(20-16)21-17-8-5-12-3-1-2-4-15(12)17;19-14-7-9-16-13(11-14)6-10-18(20-16)21-17-8-5-12-3-1-2-4-15(12)17;1-12(2,3)19-11(16)13-20(17,18)15-8-6-10(7-9-15)14(4)5/h4-7,9-10,12-14,20,26H,8,11H2,1-3H3,(H,24,25)(H,27,28);1-4,6-7,9-11,17,22H,5,8H2,(H,20,21)(H2,19,23,24);1-4,6-7,9-11,17H,5,8,19H2,(H,20,21);6-9H,1-5H3/p+1/t20-;2*17-;/m111./s1. The van der Waals surface area contributed by atoms with Crippen molar-refractivity contribution < 1.29 is 48.3 Å². The summed E-state index contributed by atoms with van der Waals surface area (Å²) in [5.74, 6) is 2.49. The van der Waals surface area contributed by atoms with Gasteiger partial charge in [-0.05, 0) is 204 Å². The first kappa shape index (κ1) is 70.5. The molecular formula is C71H81N14O10S3+. The van der Waals surface area contributed by atoms with Gasteiger partial charge in [-0.2, -0.15) is 21.6 Å². The lowest BCUT2D eigenvalue weighted by atomic mass is 10.1. The van der Waals surface area contributed by atoms with Gasteiger partial charge in [0.25, 0.3) is 10.2 Å². The number of fused-ring (bicyclic) bond motifs is 6. The molecule has 0 radical (unpaired) electrons. The second kappa shape index (κ2) is 29.6. The number of nitrogens with two attached hydrogens (primary N) is 2. The van der Waals surface area contributed by atoms with E-state index in [1.54, 1.807) is 90.1 Å². The van der Waals surface area contributed by atoms with Gasteiger partial charge in [0, 0.05) is 53.8 Å². The Morgan fingerprint density at radius 1 is 0.490 bits per heavy atom. The number of carbonyl (C=O) groups excluding carboxylic acids is 2. The number of ether oxygens (including phenoxy) is 2. The molecule has 0 fully saturated rings. The lowest BCUT2D eigenvalue weighted by Crippen LogP contribution is -2.52. The number of nitrogens with one attached hydrogen (secondary N) is 7. The molecule has 24 nitrogen and oxygen atoms in total. The number of nitrogens with zero attached hydrogens (tertiary/aromatic N) is 5. The molecule has 0 aliphatic heterocycles. The van der Waals surface area contributed by atoms with E-state index < -0.39 is 54.0 Å². The van der Waals surface area contributed by atoms with Crippen LogP contribution in [-0.4, -0.2) is 77.7 Å². The minimum absolute atomic E-state index is 0.223. The Labute approximate surface area is 571 Å². The second-order valence-electron chi connectivity index (χ2n) is 25.9. The predicted octanol–water partition coefficient (Wildman–Crippen LogP) is 12.0. The molecule has 3 aliphatic rings. The maximum atomic E-state index is 12.2. The van der Waals surface area contributed by atoms with Crippen molar-refractivity contribution in [1.29, 1.82) is 0 Å². The molecule has 0 bridgehead atoms. The molecule has 13 rings (SSSR count). The summed E-state index contributed by atoms with van der Waals surface area (Å²) in [4.78, 5) is 39.1. The van der Waals surface area contributed by atoms with Crippen LogP contribution in [0.25, 0.3) is 32.7 Å². The van der Waals surface area contributed by atoms with Gasteiger partial charge in [0.1, 0.15) is 28.7 Å². The zero-order chi connectivity index (χ0) is 70.2. The van der Waals surface area contributed by atoms with Crippen molar-refractivity contribution in [1.82, 2.24) is 24.4 Å². The Kier molecular flexibility index (Phi) is 21.2. The first-order chi connectivity index (χ1) is 46.4. The van der Waals surface area contributed by atoms with Crippen LogP contribution >= 0.6 is 0 Å². The van der Waals surface area contributed by atoms with E-state index in [1.165, 1.54) is 45.8 Å². The third kappa shape index (κ3) is 19.4. The van der Waals surface area contributed by atoms with Crippen LogP contribution in [0.5, 0.6) is 0 Å². The molecule has 11 N–H and O–H groups in total. The lowest BCUT2D eigenvalue weighted by molar-refractivity contribution is -0.512. The highest BCUT2D eigenvalue weighted by Gasteiger charge is 2.29. The Balaban J connectivity index is 0.000000144. The van der Waals surface area contributed by atoms with Crippen LogP contribution in [0, 0.1) is 0 Å². The number of nitrogen functional groups attached to an aromatic ring is 1. The summed E-state index contributed by atoms with van der Waals surface area (Å²) in [5, 5.41) is 18.2. The molecular weight excluding hydrogens is 1310 g/mol. The summed E-state index contributed by atoms with van der Waals surface area (Å²) in [6.45, 7) is 9.90. The molecule has 0 spiro atoms. The van der Waals surface area contributed by atoms with Crippen molar-refractivity contribution in [3.05, 3.63) is 222 Å². The maximum Gasteiger partial charge on any atom is 0.474 e. The number of aryl methyl sites for hydroxylation is 3. The van der Waals surface area contributed by atoms with E-state index in [0.29, 0.717) is 17.4 Å². The molecule has 0 saturated carbocycles. The zero-order valence-electron chi connectivity index (χ0n) is 55.6. The molecule has 98 heavy (non-hydrogen) atoms. The Hall–Kier alpha value is -10.4. The largest absolute Gasteiger partial charge is 0.474 e. The number of hydrogen-bond donors (Lipinski definition) is 9. The van der Waals surface area contributed by atoms with Gasteiger partial charge >= 0.3 is 32.6 Å². The highest BCUT2D eigenvalue weighted by Crippen LogP contribution is 2.37. The first-order valence-corrected chi connectivity index (χ1v) is 36.1. The SMILES string of the molecule is CC(C)(C)OC(=O)NS(=O)(=O)Nc1ccc2nc(N[C@@H]3CCc4ccccc43)ccc2c1.CN(C)c1cc[n+](S(=O)(=O)NC(=O)OC(C)(C)C)cc1.NS(=O)(=O)Nc1ccc2nc(N[C@@H]3CCc4ccccc43)ccc2c1.Nc1ccc2nc(N[C@@H]3CCc4ccccc43)ccc2c1. The number of carbonyl (C=O) groups is 2. The average molecular weight is 1390 g/mol. The maximum absolute atomic E-state index is 12.2. The summed E-state index contributed by atoms with van der Waals surface area (Å²) in [6.07, 6.45) is 7.09. The van der Waals surface area contributed by atoms with Gasteiger partial charge in [-0.1, -0.05) is 76.8 Å². The fraction of sp³-hybridized carbons (Fsp3) is 0.268. The van der Waals surface area contributed by atoms with Crippen molar-refractivity contribution in [3.8, 4) is 0 Å². The van der Waals surface area contributed by atoms with Crippen LogP contribution in [0.2, 0.25) is 0 Å². The van der Waals surface area contributed by atoms with Gasteiger partial charge in [-0.3, -0.25) is 9.44 Å². The van der Waals surface area contributed by atoms with E-state index in [1.807, 2.05) is 83.0 Å². The number of aromatic nitrogens is 4. The van der Waals surface area contributed by atoms with Crippen molar-refractivity contribution >= 4 is 116 Å². The van der Waals surface area contributed by atoms with E-state index in [-0.39, 0.29) is 12.1 Å². The number of hydrogen-bond acceptors (Lipinski definition) is 18. The molecule has 3 atom stereocenters. The zero-order valence-corrected chi connectivity index (χ0v) is 58.0. The molecule has 0 unspecified atom stereocenters. The Morgan fingerprint density at radius 3 is 1.27 bits per heavy atom. The number of pyridine rings is 4. The van der Waals surface area contributed by atoms with Gasteiger partial charge in [0.05, 0.1) is 46.1 Å². The molecule has 4 heterocycles. The number of benzene rings is 6. The minimum atomic E-state index is -4.13. The highest BCUT2D eigenvalue weighted by atomic mass is 32.2. The smallest absolute Gasteiger partial charge is 0.443 e. The number of amides is 2. The van der Waals surface area contributed by atoms with Crippen LogP contribution in [0.4, 0.5) is 49.8 Å². The number of anilines is 7. The van der Waals surface area contributed by atoms with Crippen molar-refractivity contribution in [3.63, 3.8) is 0 Å². The van der Waals surface area contributed by atoms with Crippen LogP contribution in [-0.2, 0) is 59.4 Å². The molecule has 10 aromatic rings. The van der Waals surface area contributed by atoms with Gasteiger partial charge in [-0.15, -0.1) is 8.42 Å². The van der Waals surface area contributed by atoms with Crippen LogP contribution in [0.1, 0.15) is 112 Å². The molecule has 512 valence electrons. The van der Waals surface area contributed by atoms with Crippen molar-refractivity contribution in [2.24, 2.45) is 5.14 Å². The predicted molar refractivity (Wildman–Crippen MR) is 386 cm³/mol. The summed E-state index contributed by atoms with van der Waals surface area (Å²) in [5.41, 5.74) is 17.3. The lowest BCUT2D eigenvalue weighted by Gasteiger charge is -2.19. The van der Waals surface area contributed by atoms with Gasteiger partial charge in [0.2, 0.25) is 0 Å². The third-order valence-corrected chi connectivity index (χ3v) is 18.5. The monoisotopic (exact) mass is 1390 g/mol. The molecule has 27 heteroatoms. The summed E-state index contributed by atoms with van der Waals surface area (Å²) in [6, 6.07) is 57.2. The minimum Gasteiger partial charge on any atom is -0.443 e. The summed E-state index contributed by atoms with van der Waals surface area (Å²) in [7, 11) is -8.24. The highest BCUT2D eigenvalue weighted by molar-refractivity contribution is 7.91. The Morgan fingerprint density at radius 2 is 0.867 bits per heavy atom. The molecule has 6 aromatic carbocycles. The van der Waals surface area contributed by atoms with E-state index in [4.69, 9.17) is 20.3 Å². The van der Waals surface area contributed by atoms with Gasteiger partial charge < -0.3 is 36.1 Å². The normalized spacial score (nSPS) is 15.4. The molecule has 0 saturated heterocycles. The molecule has 3 aliphatic carbocycles. The van der Waals surface area contributed by atoms with Gasteiger partial charge in [-0.25, -0.2) is 34.4 Å². The summed E-state index contributed by atoms with van der Waals surface area (Å²) >= 11 is 0. The Bertz CT molecular complexity index is 4920. The fourth-order valence-electron chi connectivity index (χ4n) is 11.5. The summed E-state index contributed by atoms with van der Waals surface area (Å²) < 4.78 is 89.7. The quantitative estimate of drug-likeness (QED) is 0.0361. The van der Waals surface area contributed by atoms with Crippen molar-refractivity contribution in [2.45, 2.75) is 109 Å². The number of rotatable bonds is 14. The van der Waals surface area contributed by atoms with Crippen LogP contribution in [0.3, 0.4) is 0 Å².